The molecular formula is C21H25N5O3. The predicted octanol–water partition coefficient (Wildman–Crippen LogP) is 2.02. The SMILES string of the molecule is Cc1nc([C@H]2CCCCN2C(=O)c2ccncc2)ncc1C(=O)N1CCOCC1. The van der Waals surface area contributed by atoms with E-state index < -0.39 is 0 Å². The molecule has 8 nitrogen and oxygen atoms in total. The molecular weight excluding hydrogens is 370 g/mol. The molecule has 2 amide bonds. The summed E-state index contributed by atoms with van der Waals surface area (Å²) >= 11 is 0. The van der Waals surface area contributed by atoms with Gasteiger partial charge in [0.05, 0.1) is 30.5 Å². The van der Waals surface area contributed by atoms with E-state index in [1.54, 1.807) is 35.6 Å². The highest BCUT2D eigenvalue weighted by atomic mass is 16.5. The van der Waals surface area contributed by atoms with Crippen molar-refractivity contribution in [1.82, 2.24) is 24.8 Å². The van der Waals surface area contributed by atoms with Gasteiger partial charge in [0.15, 0.2) is 5.82 Å². The third-order valence-corrected chi connectivity index (χ3v) is 5.52. The molecule has 1 atom stereocenters. The maximum Gasteiger partial charge on any atom is 0.257 e. The summed E-state index contributed by atoms with van der Waals surface area (Å²) in [6, 6.07) is 3.27. The second kappa shape index (κ2) is 8.65. The van der Waals surface area contributed by atoms with Crippen molar-refractivity contribution in [3.63, 3.8) is 0 Å². The van der Waals surface area contributed by atoms with Crippen molar-refractivity contribution in [2.75, 3.05) is 32.8 Å². The molecule has 0 saturated carbocycles. The Balaban J connectivity index is 1.57. The summed E-state index contributed by atoms with van der Waals surface area (Å²) in [5.74, 6) is 0.501. The lowest BCUT2D eigenvalue weighted by atomic mass is 10.00. The summed E-state index contributed by atoms with van der Waals surface area (Å²) in [5, 5.41) is 0. The molecule has 0 radical (unpaired) electrons. The third kappa shape index (κ3) is 4.12. The van der Waals surface area contributed by atoms with Gasteiger partial charge in [-0.15, -0.1) is 0 Å². The fourth-order valence-electron chi connectivity index (χ4n) is 3.90. The number of carbonyl (C=O) groups excluding carboxylic acids is 2. The molecule has 0 spiro atoms. The Hall–Kier alpha value is -2.87. The second-order valence-electron chi connectivity index (χ2n) is 7.38. The van der Waals surface area contributed by atoms with Gasteiger partial charge in [0.2, 0.25) is 0 Å². The number of amides is 2. The molecule has 0 unspecified atom stereocenters. The van der Waals surface area contributed by atoms with Gasteiger partial charge < -0.3 is 14.5 Å². The highest BCUT2D eigenvalue weighted by Crippen LogP contribution is 2.30. The van der Waals surface area contributed by atoms with Gasteiger partial charge in [0, 0.05) is 43.8 Å². The van der Waals surface area contributed by atoms with E-state index in [0.29, 0.717) is 55.5 Å². The Morgan fingerprint density at radius 2 is 1.83 bits per heavy atom. The molecule has 152 valence electrons. The fourth-order valence-corrected chi connectivity index (χ4v) is 3.90. The Labute approximate surface area is 169 Å². The Morgan fingerprint density at radius 3 is 2.55 bits per heavy atom. The first-order chi connectivity index (χ1) is 14.1. The first kappa shape index (κ1) is 19.4. The van der Waals surface area contributed by atoms with Crippen LogP contribution in [-0.2, 0) is 4.74 Å². The van der Waals surface area contributed by atoms with Gasteiger partial charge in [-0.25, -0.2) is 9.97 Å². The van der Waals surface area contributed by atoms with Crippen molar-refractivity contribution in [1.29, 1.82) is 0 Å². The third-order valence-electron chi connectivity index (χ3n) is 5.52. The number of aromatic nitrogens is 3. The lowest BCUT2D eigenvalue weighted by Gasteiger charge is -2.35. The lowest BCUT2D eigenvalue weighted by molar-refractivity contribution is 0.0301. The van der Waals surface area contributed by atoms with Crippen LogP contribution in [0, 0.1) is 6.92 Å². The van der Waals surface area contributed by atoms with Crippen LogP contribution in [0.4, 0.5) is 0 Å². The predicted molar refractivity (Wildman–Crippen MR) is 105 cm³/mol. The standard InChI is InChI=1S/C21H25N5O3/c1-15-17(21(28)25-10-12-29-13-11-25)14-23-19(24-15)18-4-2-3-9-26(18)20(27)16-5-7-22-8-6-16/h5-8,14,18H,2-4,9-13H2,1H3/t18-/m1/s1. The quantitative estimate of drug-likeness (QED) is 0.790. The van der Waals surface area contributed by atoms with Gasteiger partial charge in [0.1, 0.15) is 0 Å². The van der Waals surface area contributed by atoms with Crippen LogP contribution in [0.15, 0.2) is 30.7 Å². The van der Waals surface area contributed by atoms with Gasteiger partial charge in [-0.05, 0) is 38.3 Å². The number of morpholine rings is 1. The van der Waals surface area contributed by atoms with E-state index in [-0.39, 0.29) is 17.9 Å². The molecule has 2 aromatic heterocycles. The zero-order valence-corrected chi connectivity index (χ0v) is 16.6. The zero-order valence-electron chi connectivity index (χ0n) is 16.6. The molecule has 2 aliphatic rings. The summed E-state index contributed by atoms with van der Waals surface area (Å²) in [4.78, 5) is 42.6. The fraction of sp³-hybridized carbons (Fsp3) is 0.476. The van der Waals surface area contributed by atoms with E-state index in [9.17, 15) is 9.59 Å². The largest absolute Gasteiger partial charge is 0.378 e. The number of nitrogens with zero attached hydrogens (tertiary/aromatic N) is 5. The minimum Gasteiger partial charge on any atom is -0.378 e. The topological polar surface area (TPSA) is 88.5 Å². The van der Waals surface area contributed by atoms with Gasteiger partial charge in [0.25, 0.3) is 11.8 Å². The molecule has 0 aromatic carbocycles. The van der Waals surface area contributed by atoms with Crippen molar-refractivity contribution in [3.8, 4) is 0 Å². The molecule has 2 fully saturated rings. The van der Waals surface area contributed by atoms with Crippen molar-refractivity contribution in [3.05, 3.63) is 53.4 Å². The molecule has 29 heavy (non-hydrogen) atoms. The van der Waals surface area contributed by atoms with Crippen LogP contribution in [0.5, 0.6) is 0 Å². The number of ether oxygens (including phenoxy) is 1. The van der Waals surface area contributed by atoms with Gasteiger partial charge >= 0.3 is 0 Å². The molecule has 2 aromatic rings. The molecule has 4 heterocycles. The van der Waals surface area contributed by atoms with E-state index in [1.807, 2.05) is 11.8 Å². The number of piperidine rings is 1. The van der Waals surface area contributed by atoms with Crippen LogP contribution in [0.25, 0.3) is 0 Å². The zero-order chi connectivity index (χ0) is 20.2. The molecule has 0 bridgehead atoms. The molecule has 0 aliphatic carbocycles. The van der Waals surface area contributed by atoms with Crippen molar-refractivity contribution < 1.29 is 14.3 Å². The monoisotopic (exact) mass is 395 g/mol. The Kier molecular flexibility index (Phi) is 5.80. The average Bonchev–Trinajstić information content (AvgIpc) is 2.79. The van der Waals surface area contributed by atoms with Crippen molar-refractivity contribution in [2.24, 2.45) is 0 Å². The number of carbonyl (C=O) groups is 2. The number of likely N-dealkylation sites (tertiary alicyclic amines) is 1. The summed E-state index contributed by atoms with van der Waals surface area (Å²) in [5.41, 5.74) is 1.77. The van der Waals surface area contributed by atoms with Gasteiger partial charge in [-0.2, -0.15) is 0 Å². The molecule has 8 heteroatoms. The number of hydrogen-bond acceptors (Lipinski definition) is 6. The second-order valence-corrected chi connectivity index (χ2v) is 7.38. The van der Waals surface area contributed by atoms with Crippen LogP contribution in [0.1, 0.15) is 57.5 Å². The van der Waals surface area contributed by atoms with Crippen LogP contribution < -0.4 is 0 Å². The summed E-state index contributed by atoms with van der Waals surface area (Å²) < 4.78 is 5.32. The maximum absolute atomic E-state index is 13.0. The minimum atomic E-state index is -0.185. The Morgan fingerprint density at radius 1 is 1.07 bits per heavy atom. The summed E-state index contributed by atoms with van der Waals surface area (Å²) in [6.45, 7) is 4.77. The molecule has 0 N–H and O–H groups in total. The maximum atomic E-state index is 13.0. The van der Waals surface area contributed by atoms with Crippen molar-refractivity contribution >= 4 is 11.8 Å². The summed E-state index contributed by atoms with van der Waals surface area (Å²) in [7, 11) is 0. The van der Waals surface area contributed by atoms with E-state index in [0.717, 1.165) is 19.3 Å². The molecule has 4 rings (SSSR count). The number of aryl methyl sites for hydroxylation is 1. The van der Waals surface area contributed by atoms with Crippen LogP contribution >= 0.6 is 0 Å². The summed E-state index contributed by atoms with van der Waals surface area (Å²) in [6.07, 6.45) is 7.64. The number of hydrogen-bond donors (Lipinski definition) is 0. The van der Waals surface area contributed by atoms with E-state index >= 15 is 0 Å². The van der Waals surface area contributed by atoms with E-state index in [2.05, 4.69) is 15.0 Å². The highest BCUT2D eigenvalue weighted by Gasteiger charge is 2.31. The molecule has 2 aliphatic heterocycles. The van der Waals surface area contributed by atoms with Gasteiger partial charge in [-0.1, -0.05) is 0 Å². The normalized spacial score (nSPS) is 19.8. The first-order valence-corrected chi connectivity index (χ1v) is 10.1. The van der Waals surface area contributed by atoms with Crippen molar-refractivity contribution in [2.45, 2.75) is 32.2 Å². The first-order valence-electron chi connectivity index (χ1n) is 10.1. The molecule has 2 saturated heterocycles. The van der Waals surface area contributed by atoms with Crippen LogP contribution in [0.2, 0.25) is 0 Å². The lowest BCUT2D eigenvalue weighted by Crippen LogP contribution is -2.41. The van der Waals surface area contributed by atoms with Crippen LogP contribution in [-0.4, -0.2) is 69.4 Å². The van der Waals surface area contributed by atoms with Gasteiger partial charge in [-0.3, -0.25) is 14.6 Å². The number of pyridine rings is 1. The number of rotatable bonds is 3. The van der Waals surface area contributed by atoms with E-state index in [4.69, 9.17) is 4.74 Å². The average molecular weight is 395 g/mol. The Bertz CT molecular complexity index is 883. The highest BCUT2D eigenvalue weighted by molar-refractivity contribution is 5.95. The van der Waals surface area contributed by atoms with E-state index in [1.165, 1.54) is 0 Å². The minimum absolute atomic E-state index is 0.0353. The smallest absolute Gasteiger partial charge is 0.257 e. The van der Waals surface area contributed by atoms with Crippen LogP contribution in [0.3, 0.4) is 0 Å².